The molecule has 0 spiro atoms. The van der Waals surface area contributed by atoms with Crippen LogP contribution in [-0.2, 0) is 23.7 Å². The van der Waals surface area contributed by atoms with E-state index in [4.69, 9.17) is 23.4 Å². The highest BCUT2D eigenvalue weighted by Crippen LogP contribution is 2.45. The molecular formula is C29H32O16. The maximum absolute atomic E-state index is 13.2. The molecule has 3 heterocycles. The molecule has 2 aromatic carbocycles. The SMILES string of the molecule is CC(=O)OC[C@H]1O[C@@H](O[C@@H]2[C@@H](O)[C@H](O)[C@@H](CO)O[C@@H]2c2c(O)cc(O)c3c(=O)cc(-c4ccc(O)cc4)oc23)[C@H](O)[C@@H](O)[C@@H]1O. The minimum atomic E-state index is -1.96. The molecule has 1 aromatic heterocycles. The van der Waals surface area contributed by atoms with E-state index in [2.05, 4.69) is 0 Å². The highest BCUT2D eigenvalue weighted by Gasteiger charge is 2.52. The summed E-state index contributed by atoms with van der Waals surface area (Å²) < 4.78 is 28.0. The topological polar surface area (TPSA) is 266 Å². The quantitative estimate of drug-likeness (QED) is 0.133. The van der Waals surface area contributed by atoms with Crippen LogP contribution in [0.2, 0.25) is 0 Å². The molecule has 2 fully saturated rings. The first-order chi connectivity index (χ1) is 21.3. The lowest BCUT2D eigenvalue weighted by molar-refractivity contribution is -0.342. The molecule has 0 radical (unpaired) electrons. The lowest BCUT2D eigenvalue weighted by atomic mass is 9.89. The highest BCUT2D eigenvalue weighted by atomic mass is 16.7. The van der Waals surface area contributed by atoms with E-state index >= 15 is 0 Å². The summed E-state index contributed by atoms with van der Waals surface area (Å²) in [5.74, 6) is -2.28. The molecule has 5 rings (SSSR count). The van der Waals surface area contributed by atoms with Crippen LogP contribution in [0, 0.1) is 0 Å². The van der Waals surface area contributed by atoms with E-state index in [1.165, 1.54) is 24.3 Å². The van der Waals surface area contributed by atoms with Gasteiger partial charge in [-0.15, -0.1) is 0 Å². The fourth-order valence-electron chi connectivity index (χ4n) is 5.36. The molecule has 3 aromatic rings. The summed E-state index contributed by atoms with van der Waals surface area (Å²) in [4.78, 5) is 24.5. The van der Waals surface area contributed by atoms with E-state index in [-0.39, 0.29) is 17.1 Å². The average molecular weight is 637 g/mol. The number of aliphatic hydroxyl groups excluding tert-OH is 6. The van der Waals surface area contributed by atoms with Gasteiger partial charge in [0.15, 0.2) is 17.3 Å². The summed E-state index contributed by atoms with van der Waals surface area (Å²) in [6.07, 6.45) is -17.6. The second-order valence-electron chi connectivity index (χ2n) is 10.7. The first kappa shape index (κ1) is 32.6. The number of ether oxygens (including phenoxy) is 4. The van der Waals surface area contributed by atoms with Crippen molar-refractivity contribution in [3.8, 4) is 28.6 Å². The number of hydrogen-bond acceptors (Lipinski definition) is 16. The van der Waals surface area contributed by atoms with Crippen LogP contribution in [0.1, 0.15) is 18.6 Å². The van der Waals surface area contributed by atoms with Gasteiger partial charge in [0.2, 0.25) is 0 Å². The fraction of sp³-hybridized carbons (Fsp3) is 0.448. The molecule has 0 unspecified atom stereocenters. The summed E-state index contributed by atoms with van der Waals surface area (Å²) in [5.41, 5.74) is -1.26. The minimum absolute atomic E-state index is 0.0669. The summed E-state index contributed by atoms with van der Waals surface area (Å²) >= 11 is 0. The van der Waals surface area contributed by atoms with Crippen molar-refractivity contribution in [2.75, 3.05) is 13.2 Å². The molecule has 0 bridgehead atoms. The first-order valence-electron chi connectivity index (χ1n) is 13.7. The van der Waals surface area contributed by atoms with Gasteiger partial charge in [0.25, 0.3) is 0 Å². The van der Waals surface area contributed by atoms with E-state index in [1.54, 1.807) is 0 Å². The average Bonchev–Trinajstić information content (AvgIpc) is 2.99. The van der Waals surface area contributed by atoms with E-state index in [0.717, 1.165) is 19.1 Å². The second kappa shape index (κ2) is 12.9. The largest absolute Gasteiger partial charge is 0.508 e. The van der Waals surface area contributed by atoms with Crippen molar-refractivity contribution in [1.29, 1.82) is 0 Å². The molecule has 2 aliphatic heterocycles. The van der Waals surface area contributed by atoms with Gasteiger partial charge in [-0.1, -0.05) is 0 Å². The highest BCUT2D eigenvalue weighted by molar-refractivity contribution is 5.89. The number of phenols is 3. The summed E-state index contributed by atoms with van der Waals surface area (Å²) in [5, 5.41) is 94.1. The molecule has 2 aliphatic rings. The number of carbonyl (C=O) groups excluding carboxylic acids is 1. The van der Waals surface area contributed by atoms with Gasteiger partial charge in [0.05, 0.1) is 12.2 Å². The van der Waals surface area contributed by atoms with Crippen LogP contribution in [0.25, 0.3) is 22.3 Å². The Morgan fingerprint density at radius 2 is 1.51 bits per heavy atom. The molecule has 0 aliphatic carbocycles. The van der Waals surface area contributed by atoms with Gasteiger partial charge in [0, 0.05) is 24.6 Å². The third kappa shape index (κ3) is 6.19. The third-order valence-corrected chi connectivity index (χ3v) is 7.71. The summed E-state index contributed by atoms with van der Waals surface area (Å²) in [7, 11) is 0. The Bertz CT molecular complexity index is 1590. The number of aromatic hydroxyl groups is 3. The van der Waals surface area contributed by atoms with Crippen molar-refractivity contribution in [1.82, 2.24) is 0 Å². The summed E-state index contributed by atoms with van der Waals surface area (Å²) in [6, 6.07) is 7.38. The Hall–Kier alpha value is -3.84. The van der Waals surface area contributed by atoms with Crippen LogP contribution >= 0.6 is 0 Å². The van der Waals surface area contributed by atoms with Crippen molar-refractivity contribution in [2.45, 2.75) is 68.1 Å². The van der Waals surface area contributed by atoms with Crippen molar-refractivity contribution in [3.05, 3.63) is 52.2 Å². The van der Waals surface area contributed by atoms with Gasteiger partial charge in [-0.05, 0) is 24.3 Å². The van der Waals surface area contributed by atoms with Crippen molar-refractivity contribution in [2.24, 2.45) is 0 Å². The number of fused-ring (bicyclic) bond motifs is 1. The molecule has 0 amide bonds. The van der Waals surface area contributed by atoms with Crippen molar-refractivity contribution in [3.63, 3.8) is 0 Å². The smallest absolute Gasteiger partial charge is 0.302 e. The fourth-order valence-corrected chi connectivity index (χ4v) is 5.36. The lowest BCUT2D eigenvalue weighted by Gasteiger charge is -2.46. The van der Waals surface area contributed by atoms with Crippen molar-refractivity contribution >= 4 is 16.9 Å². The molecule has 16 heteroatoms. The van der Waals surface area contributed by atoms with Gasteiger partial charge in [-0.25, -0.2) is 0 Å². The standard InChI is InChI=1S/C29H32O16/c1-10(31)41-9-18-22(37)23(38)25(40)29(44-18)45-28-24(39)21(36)17(8-30)43-27(28)20-14(34)6-13(33)19-15(35)7-16(42-26(19)20)11-2-4-12(32)5-3-11/h2-7,17-18,21-25,27-30,32-34,36-40H,8-9H2,1H3/t17-,18-,21-,22-,23+,24+,25-,27-,28-,29+/m1/s1. The Balaban J connectivity index is 1.62. The number of rotatable bonds is 7. The van der Waals surface area contributed by atoms with Gasteiger partial charge >= 0.3 is 5.97 Å². The van der Waals surface area contributed by atoms with Crippen LogP contribution in [0.5, 0.6) is 17.2 Å². The number of phenolic OH excluding ortho intramolecular Hbond substituents is 3. The minimum Gasteiger partial charge on any atom is -0.508 e. The number of benzene rings is 2. The van der Waals surface area contributed by atoms with Crippen LogP contribution in [-0.4, -0.2) is 120 Å². The maximum atomic E-state index is 13.2. The zero-order chi connectivity index (χ0) is 32.7. The Labute approximate surface area is 253 Å². The molecule has 244 valence electrons. The second-order valence-corrected chi connectivity index (χ2v) is 10.7. The molecule has 9 N–H and O–H groups in total. The van der Waals surface area contributed by atoms with Gasteiger partial charge in [0.1, 0.15) is 89.9 Å². The Morgan fingerprint density at radius 3 is 2.16 bits per heavy atom. The molecular weight excluding hydrogens is 604 g/mol. The van der Waals surface area contributed by atoms with E-state index < -0.39 is 108 Å². The van der Waals surface area contributed by atoms with Gasteiger partial charge in [-0.3, -0.25) is 9.59 Å². The molecule has 45 heavy (non-hydrogen) atoms. The zero-order valence-corrected chi connectivity index (χ0v) is 23.5. The van der Waals surface area contributed by atoms with E-state index in [9.17, 15) is 55.5 Å². The lowest BCUT2D eigenvalue weighted by Crippen LogP contribution is -2.63. The number of carbonyl (C=O) groups is 1. The summed E-state index contributed by atoms with van der Waals surface area (Å²) in [6.45, 7) is -0.302. The predicted octanol–water partition coefficient (Wildman–Crippen LogP) is -1.51. The number of esters is 1. The Morgan fingerprint density at radius 1 is 0.844 bits per heavy atom. The van der Waals surface area contributed by atoms with Crippen LogP contribution in [0.3, 0.4) is 0 Å². The van der Waals surface area contributed by atoms with Crippen LogP contribution in [0.15, 0.2) is 45.6 Å². The third-order valence-electron chi connectivity index (χ3n) is 7.71. The van der Waals surface area contributed by atoms with Gasteiger partial charge < -0.3 is 69.3 Å². The van der Waals surface area contributed by atoms with Crippen LogP contribution < -0.4 is 5.43 Å². The first-order valence-corrected chi connectivity index (χ1v) is 13.7. The van der Waals surface area contributed by atoms with E-state index in [0.29, 0.717) is 5.56 Å². The number of hydrogen-bond donors (Lipinski definition) is 9. The van der Waals surface area contributed by atoms with Crippen LogP contribution in [0.4, 0.5) is 0 Å². The van der Waals surface area contributed by atoms with Gasteiger partial charge in [-0.2, -0.15) is 0 Å². The molecule has 2 saturated heterocycles. The molecule has 0 saturated carbocycles. The zero-order valence-electron chi connectivity index (χ0n) is 23.5. The number of aliphatic hydroxyl groups is 6. The monoisotopic (exact) mass is 636 g/mol. The Kier molecular flexibility index (Phi) is 9.31. The predicted molar refractivity (Wildman–Crippen MR) is 148 cm³/mol. The maximum Gasteiger partial charge on any atom is 0.302 e. The van der Waals surface area contributed by atoms with Crippen molar-refractivity contribution < 1.29 is 74.1 Å². The molecule has 16 nitrogen and oxygen atoms in total. The van der Waals surface area contributed by atoms with E-state index in [1.807, 2.05) is 0 Å². The molecule has 10 atom stereocenters. The normalized spacial score (nSPS) is 32.0.